The number of piperidine rings is 1. The number of hydrogen-bond donors (Lipinski definition) is 2. The lowest BCUT2D eigenvalue weighted by Crippen LogP contribution is -2.45. The second kappa shape index (κ2) is 12.1. The number of anilines is 2. The van der Waals surface area contributed by atoms with Crippen LogP contribution in [0.1, 0.15) is 72.1 Å². The summed E-state index contributed by atoms with van der Waals surface area (Å²) in [5.41, 5.74) is 5.34. The van der Waals surface area contributed by atoms with Gasteiger partial charge in [0.1, 0.15) is 16.6 Å². The van der Waals surface area contributed by atoms with Gasteiger partial charge in [0.2, 0.25) is 5.95 Å². The van der Waals surface area contributed by atoms with E-state index in [2.05, 4.69) is 20.2 Å². The maximum atomic E-state index is 12.8. The standard InChI is InChI=1S/C24H41ClN6O2/c1-24(2,3)33-23(32)31(19-8-5-4-6-9-19)13-7-12-27-17-18-10-14-30(15-11-18)22-28-20(25)16-21(26)29-22/h16,18-19,27H,4-15,17H2,1-3H3,(H2,26,28,29). The van der Waals surface area contributed by atoms with E-state index in [1.54, 1.807) is 6.07 Å². The third kappa shape index (κ3) is 8.49. The van der Waals surface area contributed by atoms with E-state index < -0.39 is 5.60 Å². The SMILES string of the molecule is CC(C)(C)OC(=O)N(CCCNCC1CCN(c2nc(N)cc(Cl)n2)CC1)C1CCCCC1. The molecule has 3 N–H and O–H groups in total. The zero-order chi connectivity index (χ0) is 23.8. The molecule has 0 aromatic carbocycles. The van der Waals surface area contributed by atoms with Gasteiger partial charge in [0.05, 0.1) is 0 Å². The summed E-state index contributed by atoms with van der Waals surface area (Å²) in [5, 5.41) is 3.99. The van der Waals surface area contributed by atoms with E-state index >= 15 is 0 Å². The molecule has 0 atom stereocenters. The molecule has 1 aromatic heterocycles. The van der Waals surface area contributed by atoms with Gasteiger partial charge in [-0.05, 0) is 71.9 Å². The first-order chi connectivity index (χ1) is 15.7. The number of carbonyl (C=O) groups excluding carboxylic acids is 1. The summed E-state index contributed by atoms with van der Waals surface area (Å²) >= 11 is 6.02. The summed E-state index contributed by atoms with van der Waals surface area (Å²) in [7, 11) is 0. The monoisotopic (exact) mass is 480 g/mol. The zero-order valence-electron chi connectivity index (χ0n) is 20.5. The summed E-state index contributed by atoms with van der Waals surface area (Å²) in [4.78, 5) is 25.6. The van der Waals surface area contributed by atoms with E-state index in [0.29, 0.717) is 28.9 Å². The van der Waals surface area contributed by atoms with E-state index in [0.717, 1.165) is 64.8 Å². The average molecular weight is 481 g/mol. The number of hydrogen-bond acceptors (Lipinski definition) is 7. The van der Waals surface area contributed by atoms with Crippen LogP contribution in [-0.4, -0.2) is 65.3 Å². The lowest BCUT2D eigenvalue weighted by atomic mass is 9.94. The molecule has 1 aromatic rings. The molecule has 2 heterocycles. The summed E-state index contributed by atoms with van der Waals surface area (Å²) < 4.78 is 5.70. The fourth-order valence-corrected chi connectivity index (χ4v) is 4.91. The molecule has 186 valence electrons. The number of nitrogens with two attached hydrogens (primary N) is 1. The Morgan fingerprint density at radius 2 is 1.91 bits per heavy atom. The molecule has 1 amide bonds. The van der Waals surface area contributed by atoms with Gasteiger partial charge in [-0.1, -0.05) is 30.9 Å². The van der Waals surface area contributed by atoms with Gasteiger partial charge in [-0.2, -0.15) is 4.98 Å². The zero-order valence-corrected chi connectivity index (χ0v) is 21.2. The highest BCUT2D eigenvalue weighted by molar-refractivity contribution is 6.29. The summed E-state index contributed by atoms with van der Waals surface area (Å²) in [6.07, 6.45) is 8.79. The molecule has 0 bridgehead atoms. The van der Waals surface area contributed by atoms with E-state index in [-0.39, 0.29) is 6.09 Å². The summed E-state index contributed by atoms with van der Waals surface area (Å²) in [5.74, 6) is 1.65. The molecule has 1 saturated heterocycles. The van der Waals surface area contributed by atoms with Crippen molar-refractivity contribution in [1.29, 1.82) is 0 Å². The maximum Gasteiger partial charge on any atom is 0.410 e. The van der Waals surface area contributed by atoms with Crippen molar-refractivity contribution in [2.75, 3.05) is 43.4 Å². The number of rotatable bonds is 8. The third-order valence-electron chi connectivity index (χ3n) is 6.43. The second-order valence-corrected chi connectivity index (χ2v) is 10.8. The average Bonchev–Trinajstić information content (AvgIpc) is 2.75. The number of nitrogen functional groups attached to an aromatic ring is 1. The maximum absolute atomic E-state index is 12.8. The predicted octanol–water partition coefficient (Wildman–Crippen LogP) is 4.48. The fraction of sp³-hybridized carbons (Fsp3) is 0.792. The van der Waals surface area contributed by atoms with Crippen LogP contribution in [0.2, 0.25) is 5.15 Å². The molecule has 3 rings (SSSR count). The van der Waals surface area contributed by atoms with Crippen LogP contribution in [0.3, 0.4) is 0 Å². The molecule has 0 unspecified atom stereocenters. The van der Waals surface area contributed by atoms with Crippen LogP contribution in [-0.2, 0) is 4.74 Å². The lowest BCUT2D eigenvalue weighted by molar-refractivity contribution is 0.0119. The van der Waals surface area contributed by atoms with Gasteiger partial charge in [-0.15, -0.1) is 0 Å². The highest BCUT2D eigenvalue weighted by Gasteiger charge is 2.29. The summed E-state index contributed by atoms with van der Waals surface area (Å²) in [6, 6.07) is 1.89. The van der Waals surface area contributed by atoms with Crippen molar-refractivity contribution < 1.29 is 9.53 Å². The van der Waals surface area contributed by atoms with Gasteiger partial charge in [0.15, 0.2) is 0 Å². The van der Waals surface area contributed by atoms with Crippen LogP contribution in [0.15, 0.2) is 6.07 Å². The Kier molecular flexibility index (Phi) is 9.44. The third-order valence-corrected chi connectivity index (χ3v) is 6.62. The summed E-state index contributed by atoms with van der Waals surface area (Å²) in [6.45, 7) is 10.3. The highest BCUT2D eigenvalue weighted by atomic mass is 35.5. The van der Waals surface area contributed by atoms with Crippen LogP contribution < -0.4 is 16.0 Å². The van der Waals surface area contributed by atoms with Gasteiger partial charge in [-0.25, -0.2) is 9.78 Å². The number of aromatic nitrogens is 2. The Balaban J connectivity index is 1.38. The molecule has 2 fully saturated rings. The van der Waals surface area contributed by atoms with Gasteiger partial charge in [-0.3, -0.25) is 0 Å². The lowest BCUT2D eigenvalue weighted by Gasteiger charge is -2.35. The van der Waals surface area contributed by atoms with E-state index in [9.17, 15) is 4.79 Å². The molecule has 1 aliphatic heterocycles. The topological polar surface area (TPSA) is 96.6 Å². The van der Waals surface area contributed by atoms with Crippen molar-refractivity contribution in [2.45, 2.75) is 83.8 Å². The number of nitrogens with one attached hydrogen (secondary N) is 1. The molecule has 0 radical (unpaired) electrons. The minimum absolute atomic E-state index is 0.161. The smallest absolute Gasteiger partial charge is 0.410 e. The molecular formula is C24H41ClN6O2. The van der Waals surface area contributed by atoms with Crippen molar-refractivity contribution >= 4 is 29.5 Å². The Hall–Kier alpha value is -1.80. The molecule has 33 heavy (non-hydrogen) atoms. The van der Waals surface area contributed by atoms with E-state index in [4.69, 9.17) is 22.1 Å². The number of halogens is 1. The van der Waals surface area contributed by atoms with Crippen molar-refractivity contribution in [3.63, 3.8) is 0 Å². The Morgan fingerprint density at radius 1 is 1.21 bits per heavy atom. The fourth-order valence-electron chi connectivity index (χ4n) is 4.72. The van der Waals surface area contributed by atoms with Crippen molar-refractivity contribution in [3.8, 4) is 0 Å². The minimum Gasteiger partial charge on any atom is -0.444 e. The van der Waals surface area contributed by atoms with Gasteiger partial charge in [0.25, 0.3) is 0 Å². The Bertz CT molecular complexity index is 738. The predicted molar refractivity (Wildman–Crippen MR) is 134 cm³/mol. The highest BCUT2D eigenvalue weighted by Crippen LogP contribution is 2.25. The van der Waals surface area contributed by atoms with Gasteiger partial charge >= 0.3 is 6.09 Å². The Labute approximate surface area is 203 Å². The van der Waals surface area contributed by atoms with Gasteiger partial charge in [0, 0.05) is 31.7 Å². The quantitative estimate of drug-likeness (QED) is 0.418. The van der Waals surface area contributed by atoms with Crippen LogP contribution in [0.5, 0.6) is 0 Å². The first-order valence-corrected chi connectivity index (χ1v) is 12.8. The van der Waals surface area contributed by atoms with Crippen LogP contribution in [0.25, 0.3) is 0 Å². The Morgan fingerprint density at radius 3 is 2.55 bits per heavy atom. The van der Waals surface area contributed by atoms with Crippen LogP contribution >= 0.6 is 11.6 Å². The van der Waals surface area contributed by atoms with Crippen molar-refractivity contribution in [1.82, 2.24) is 20.2 Å². The second-order valence-electron chi connectivity index (χ2n) is 10.4. The minimum atomic E-state index is -0.459. The van der Waals surface area contributed by atoms with E-state index in [1.807, 2.05) is 25.7 Å². The molecule has 2 aliphatic rings. The number of ether oxygens (including phenoxy) is 1. The van der Waals surface area contributed by atoms with Crippen molar-refractivity contribution in [2.24, 2.45) is 5.92 Å². The van der Waals surface area contributed by atoms with Crippen LogP contribution in [0.4, 0.5) is 16.6 Å². The normalized spacial score (nSPS) is 18.4. The first kappa shape index (κ1) is 25.8. The number of nitrogens with zero attached hydrogens (tertiary/aromatic N) is 4. The largest absolute Gasteiger partial charge is 0.444 e. The molecular weight excluding hydrogens is 440 g/mol. The number of carbonyl (C=O) groups is 1. The number of amides is 1. The molecule has 1 saturated carbocycles. The van der Waals surface area contributed by atoms with Gasteiger partial charge < -0.3 is 25.6 Å². The molecule has 9 heteroatoms. The molecule has 8 nitrogen and oxygen atoms in total. The van der Waals surface area contributed by atoms with Crippen molar-refractivity contribution in [3.05, 3.63) is 11.2 Å². The molecule has 0 spiro atoms. The van der Waals surface area contributed by atoms with E-state index in [1.165, 1.54) is 19.3 Å². The molecule has 1 aliphatic carbocycles. The first-order valence-electron chi connectivity index (χ1n) is 12.5. The van der Waals surface area contributed by atoms with Crippen LogP contribution in [0, 0.1) is 5.92 Å².